The zero-order valence-corrected chi connectivity index (χ0v) is 10.6. The van der Waals surface area contributed by atoms with Crippen LogP contribution >= 0.6 is 27.7 Å². The molecule has 1 unspecified atom stereocenters. The largest absolute Gasteiger partial charge is 0.398 e. The number of nitrogens with two attached hydrogens (primary N) is 1. The van der Waals surface area contributed by atoms with E-state index in [0.29, 0.717) is 5.75 Å². The third-order valence-electron chi connectivity index (χ3n) is 1.92. The first-order valence-electron chi connectivity index (χ1n) is 4.54. The second-order valence-corrected chi connectivity index (χ2v) is 5.04. The van der Waals surface area contributed by atoms with Crippen LogP contribution in [0.1, 0.15) is 5.56 Å². The van der Waals surface area contributed by atoms with Crippen molar-refractivity contribution < 1.29 is 10.2 Å². The van der Waals surface area contributed by atoms with E-state index in [1.165, 1.54) is 0 Å². The molecule has 3 nitrogen and oxygen atoms in total. The minimum atomic E-state index is -0.654. The highest BCUT2D eigenvalue weighted by molar-refractivity contribution is 9.10. The normalized spacial score (nSPS) is 12.7. The molecular formula is C10H14BrNO2S. The van der Waals surface area contributed by atoms with Gasteiger partial charge in [0.05, 0.1) is 12.7 Å². The lowest BCUT2D eigenvalue weighted by Gasteiger charge is -2.09. The fraction of sp³-hybridized carbons (Fsp3) is 0.400. The van der Waals surface area contributed by atoms with Gasteiger partial charge in [-0.05, 0) is 17.7 Å². The maximum Gasteiger partial charge on any atom is 0.0861 e. The second-order valence-electron chi connectivity index (χ2n) is 3.16. The van der Waals surface area contributed by atoms with E-state index in [0.717, 1.165) is 21.5 Å². The van der Waals surface area contributed by atoms with E-state index in [1.54, 1.807) is 11.8 Å². The molecule has 1 rings (SSSR count). The van der Waals surface area contributed by atoms with Crippen molar-refractivity contribution in [3.63, 3.8) is 0 Å². The van der Waals surface area contributed by atoms with E-state index in [1.807, 2.05) is 18.2 Å². The van der Waals surface area contributed by atoms with Crippen LogP contribution in [0.4, 0.5) is 5.69 Å². The van der Waals surface area contributed by atoms with E-state index >= 15 is 0 Å². The number of hydrogen-bond donors (Lipinski definition) is 3. The Bertz CT molecular complexity index is 302. The Labute approximate surface area is 102 Å². The average molecular weight is 292 g/mol. The Hall–Kier alpha value is -0.230. The zero-order chi connectivity index (χ0) is 11.3. The summed E-state index contributed by atoms with van der Waals surface area (Å²) in [6, 6.07) is 5.67. The SMILES string of the molecule is Nc1cccc(Br)c1CSCC(O)CO. The van der Waals surface area contributed by atoms with Crippen molar-refractivity contribution in [3.8, 4) is 0 Å². The molecule has 5 heteroatoms. The molecular weight excluding hydrogens is 278 g/mol. The highest BCUT2D eigenvalue weighted by Gasteiger charge is 2.06. The third-order valence-corrected chi connectivity index (χ3v) is 3.78. The van der Waals surface area contributed by atoms with Crippen molar-refractivity contribution >= 4 is 33.4 Å². The van der Waals surface area contributed by atoms with Crippen LogP contribution in [0.2, 0.25) is 0 Å². The lowest BCUT2D eigenvalue weighted by atomic mass is 10.2. The van der Waals surface area contributed by atoms with E-state index in [9.17, 15) is 0 Å². The smallest absolute Gasteiger partial charge is 0.0861 e. The molecule has 0 heterocycles. The lowest BCUT2D eigenvalue weighted by Crippen LogP contribution is -2.14. The van der Waals surface area contributed by atoms with Gasteiger partial charge in [-0.15, -0.1) is 0 Å². The first-order chi connectivity index (χ1) is 7.15. The Morgan fingerprint density at radius 1 is 1.47 bits per heavy atom. The van der Waals surface area contributed by atoms with Crippen molar-refractivity contribution in [2.45, 2.75) is 11.9 Å². The van der Waals surface area contributed by atoms with Gasteiger partial charge in [0.25, 0.3) is 0 Å². The van der Waals surface area contributed by atoms with Crippen molar-refractivity contribution in [1.82, 2.24) is 0 Å². The minimum absolute atomic E-state index is 0.196. The van der Waals surface area contributed by atoms with Gasteiger partial charge in [0.2, 0.25) is 0 Å². The maximum atomic E-state index is 9.16. The summed E-state index contributed by atoms with van der Waals surface area (Å²) in [5.74, 6) is 1.24. The number of hydrogen-bond acceptors (Lipinski definition) is 4. The molecule has 0 aliphatic carbocycles. The van der Waals surface area contributed by atoms with Crippen molar-refractivity contribution in [1.29, 1.82) is 0 Å². The summed E-state index contributed by atoms with van der Waals surface area (Å²) in [7, 11) is 0. The number of thioether (sulfide) groups is 1. The highest BCUT2D eigenvalue weighted by atomic mass is 79.9. The number of aliphatic hydroxyl groups excluding tert-OH is 2. The molecule has 0 spiro atoms. The van der Waals surface area contributed by atoms with Crippen molar-refractivity contribution in [3.05, 3.63) is 28.2 Å². The minimum Gasteiger partial charge on any atom is -0.398 e. The lowest BCUT2D eigenvalue weighted by molar-refractivity contribution is 0.113. The number of benzene rings is 1. The van der Waals surface area contributed by atoms with Gasteiger partial charge in [0, 0.05) is 21.7 Å². The molecule has 0 saturated heterocycles. The van der Waals surface area contributed by atoms with Crippen LogP contribution in [-0.2, 0) is 5.75 Å². The second kappa shape index (κ2) is 6.37. The predicted molar refractivity (Wildman–Crippen MR) is 67.8 cm³/mol. The molecule has 4 N–H and O–H groups in total. The summed E-state index contributed by atoms with van der Waals surface area (Å²) < 4.78 is 0.980. The summed E-state index contributed by atoms with van der Waals surface area (Å²) in [5, 5.41) is 17.8. The predicted octanol–water partition coefficient (Wildman–Crippen LogP) is 1.62. The molecule has 0 amide bonds. The monoisotopic (exact) mass is 291 g/mol. The number of halogens is 1. The summed E-state index contributed by atoms with van der Waals surface area (Å²) in [4.78, 5) is 0. The average Bonchev–Trinajstić information content (AvgIpc) is 2.22. The van der Waals surface area contributed by atoms with Gasteiger partial charge in [0.1, 0.15) is 0 Å². The number of aliphatic hydroxyl groups is 2. The molecule has 1 aromatic carbocycles. The Kier molecular flexibility index (Phi) is 5.45. The first kappa shape index (κ1) is 12.8. The molecule has 84 valence electrons. The molecule has 1 aromatic rings. The standard InChI is InChI=1S/C10H14BrNO2S/c11-9-2-1-3-10(12)8(9)6-15-5-7(14)4-13/h1-3,7,13-14H,4-6,12H2. The molecule has 1 atom stereocenters. The Morgan fingerprint density at radius 2 is 2.20 bits per heavy atom. The van der Waals surface area contributed by atoms with E-state index < -0.39 is 6.10 Å². The van der Waals surface area contributed by atoms with E-state index in [4.69, 9.17) is 15.9 Å². The first-order valence-corrected chi connectivity index (χ1v) is 6.49. The summed E-state index contributed by atoms with van der Waals surface area (Å²) in [5.41, 5.74) is 7.60. The van der Waals surface area contributed by atoms with E-state index in [2.05, 4.69) is 15.9 Å². The Balaban J connectivity index is 2.50. The van der Waals surface area contributed by atoms with Crippen LogP contribution in [0.15, 0.2) is 22.7 Å². The van der Waals surface area contributed by atoms with Crippen molar-refractivity contribution in [2.75, 3.05) is 18.1 Å². The van der Waals surface area contributed by atoms with Crippen molar-refractivity contribution in [2.24, 2.45) is 0 Å². The molecule has 0 fully saturated rings. The van der Waals surface area contributed by atoms with Crippen LogP contribution in [0.25, 0.3) is 0 Å². The van der Waals surface area contributed by atoms with E-state index in [-0.39, 0.29) is 6.61 Å². The van der Waals surface area contributed by atoms with Gasteiger partial charge in [-0.25, -0.2) is 0 Å². The fourth-order valence-electron chi connectivity index (χ4n) is 1.08. The highest BCUT2D eigenvalue weighted by Crippen LogP contribution is 2.26. The quantitative estimate of drug-likeness (QED) is 0.721. The topological polar surface area (TPSA) is 66.5 Å². The molecule has 0 saturated carbocycles. The van der Waals surface area contributed by atoms with Gasteiger partial charge >= 0.3 is 0 Å². The van der Waals surface area contributed by atoms with Gasteiger partial charge in [0.15, 0.2) is 0 Å². The summed E-state index contributed by atoms with van der Waals surface area (Å²) in [6.07, 6.45) is -0.654. The van der Waals surface area contributed by atoms with Crippen LogP contribution in [0.3, 0.4) is 0 Å². The fourth-order valence-corrected chi connectivity index (χ4v) is 2.81. The van der Waals surface area contributed by atoms with Crippen LogP contribution in [-0.4, -0.2) is 28.7 Å². The molecule has 0 aromatic heterocycles. The molecule has 0 aliphatic rings. The number of anilines is 1. The maximum absolute atomic E-state index is 9.16. The molecule has 0 aliphatic heterocycles. The third kappa shape index (κ3) is 4.03. The van der Waals surface area contributed by atoms with Gasteiger partial charge in [-0.2, -0.15) is 11.8 Å². The van der Waals surface area contributed by atoms with Gasteiger partial charge in [-0.3, -0.25) is 0 Å². The summed E-state index contributed by atoms with van der Waals surface area (Å²) >= 11 is 4.97. The molecule has 0 radical (unpaired) electrons. The zero-order valence-electron chi connectivity index (χ0n) is 8.19. The molecule has 0 bridgehead atoms. The number of nitrogen functional groups attached to an aromatic ring is 1. The number of rotatable bonds is 5. The summed E-state index contributed by atoms with van der Waals surface area (Å²) in [6.45, 7) is -0.196. The van der Waals surface area contributed by atoms with Crippen LogP contribution in [0.5, 0.6) is 0 Å². The van der Waals surface area contributed by atoms with Crippen LogP contribution < -0.4 is 5.73 Å². The molecule has 15 heavy (non-hydrogen) atoms. The van der Waals surface area contributed by atoms with Gasteiger partial charge < -0.3 is 15.9 Å². The Morgan fingerprint density at radius 3 is 2.80 bits per heavy atom. The van der Waals surface area contributed by atoms with Crippen LogP contribution in [0, 0.1) is 0 Å². The van der Waals surface area contributed by atoms with Gasteiger partial charge in [-0.1, -0.05) is 22.0 Å².